The molecule has 0 aliphatic carbocycles. The summed E-state index contributed by atoms with van der Waals surface area (Å²) < 4.78 is 33.3. The molecule has 22 heavy (non-hydrogen) atoms. The maximum absolute atomic E-state index is 14.0. The monoisotopic (exact) mass is 298 g/mol. The van der Waals surface area contributed by atoms with Gasteiger partial charge in [0.25, 0.3) is 0 Å². The first-order valence-electron chi connectivity index (χ1n) is 7.00. The summed E-state index contributed by atoms with van der Waals surface area (Å²) in [7, 11) is 1.87. The van der Waals surface area contributed by atoms with Crippen LogP contribution in [0, 0.1) is 11.6 Å². The van der Waals surface area contributed by atoms with Gasteiger partial charge in [-0.15, -0.1) is 0 Å². The zero-order valence-corrected chi connectivity index (χ0v) is 12.2. The van der Waals surface area contributed by atoms with Gasteiger partial charge in [-0.25, -0.2) is 8.78 Å². The number of fused-ring (bicyclic) bond motifs is 1. The predicted octanol–water partition coefficient (Wildman–Crippen LogP) is 3.43. The molecule has 1 aromatic heterocycles. The molecular weight excluding hydrogens is 285 g/mol. The van der Waals surface area contributed by atoms with Crippen LogP contribution in [0.5, 0.6) is 0 Å². The van der Waals surface area contributed by atoms with Gasteiger partial charge in [0.2, 0.25) is 5.43 Å². The molecule has 0 aliphatic heterocycles. The van der Waals surface area contributed by atoms with Gasteiger partial charge in [-0.05, 0) is 35.6 Å². The average molecular weight is 298 g/mol. The Morgan fingerprint density at radius 1 is 1.14 bits per heavy atom. The van der Waals surface area contributed by atoms with Gasteiger partial charge in [-0.2, -0.15) is 0 Å². The van der Waals surface area contributed by atoms with Gasteiger partial charge in [0.1, 0.15) is 36.2 Å². The van der Waals surface area contributed by atoms with Gasteiger partial charge in [0.05, 0.1) is 5.56 Å². The first-order valence-corrected chi connectivity index (χ1v) is 7.00. The summed E-state index contributed by atoms with van der Waals surface area (Å²) in [6.45, 7) is 1.87. The third-order valence-corrected chi connectivity index (χ3v) is 3.53. The molecule has 0 amide bonds. The van der Waals surface area contributed by atoms with Crippen LogP contribution in [0.2, 0.25) is 0 Å². The number of benzene rings is 2. The van der Waals surface area contributed by atoms with Crippen LogP contribution in [0.3, 0.4) is 0 Å². The molecule has 0 fully saturated rings. The lowest BCUT2D eigenvalue weighted by Crippen LogP contribution is -2.12. The maximum Gasteiger partial charge on any atom is 0.203 e. The van der Waals surface area contributed by atoms with Crippen LogP contribution in [0.15, 0.2) is 51.7 Å². The molecule has 2 aromatic carbocycles. The van der Waals surface area contributed by atoms with Crippen molar-refractivity contribution in [3.05, 3.63) is 70.1 Å². The standard InChI is InChI=1S/C17H13BF2O2/c1-9(18)17-14(10-4-2-5-11(19)8-10)16(21)15-12(20)6-3-7-13(15)22-17/h2-9H,18H2,1H3. The Morgan fingerprint density at radius 3 is 2.55 bits per heavy atom. The highest BCUT2D eigenvalue weighted by atomic mass is 19.1. The lowest BCUT2D eigenvalue weighted by molar-refractivity contribution is 0.536. The number of hydrogen-bond donors (Lipinski definition) is 0. The van der Waals surface area contributed by atoms with Crippen molar-refractivity contribution in [2.45, 2.75) is 12.7 Å². The Labute approximate surface area is 126 Å². The average Bonchev–Trinajstić information content (AvgIpc) is 2.46. The second-order valence-electron chi connectivity index (χ2n) is 5.45. The van der Waals surface area contributed by atoms with E-state index in [1.54, 1.807) is 12.1 Å². The van der Waals surface area contributed by atoms with E-state index >= 15 is 0 Å². The maximum atomic E-state index is 14.0. The van der Waals surface area contributed by atoms with Crippen molar-refractivity contribution in [2.24, 2.45) is 0 Å². The summed E-state index contributed by atoms with van der Waals surface area (Å²) in [5.41, 5.74) is 0.331. The molecule has 0 saturated carbocycles. The zero-order chi connectivity index (χ0) is 15.9. The van der Waals surface area contributed by atoms with Gasteiger partial charge in [0, 0.05) is 0 Å². The predicted molar refractivity (Wildman–Crippen MR) is 84.8 cm³/mol. The van der Waals surface area contributed by atoms with E-state index in [9.17, 15) is 13.6 Å². The van der Waals surface area contributed by atoms with E-state index in [1.807, 2.05) is 14.8 Å². The van der Waals surface area contributed by atoms with Crippen LogP contribution >= 0.6 is 0 Å². The van der Waals surface area contributed by atoms with E-state index < -0.39 is 17.1 Å². The fourth-order valence-electron chi connectivity index (χ4n) is 2.54. The summed E-state index contributed by atoms with van der Waals surface area (Å²) in [6.07, 6.45) is 0. The molecule has 2 nitrogen and oxygen atoms in total. The number of hydrogen-bond acceptors (Lipinski definition) is 2. The third kappa shape index (κ3) is 2.32. The highest BCUT2D eigenvalue weighted by molar-refractivity contribution is 6.12. The fraction of sp³-hybridized carbons (Fsp3) is 0.118. The molecule has 0 saturated heterocycles. The summed E-state index contributed by atoms with van der Waals surface area (Å²) in [5.74, 6) is -0.771. The van der Waals surface area contributed by atoms with E-state index in [2.05, 4.69) is 0 Å². The van der Waals surface area contributed by atoms with Crippen molar-refractivity contribution < 1.29 is 13.2 Å². The third-order valence-electron chi connectivity index (χ3n) is 3.53. The second-order valence-corrected chi connectivity index (χ2v) is 5.45. The molecule has 5 heteroatoms. The van der Waals surface area contributed by atoms with Gasteiger partial charge < -0.3 is 4.42 Å². The van der Waals surface area contributed by atoms with Gasteiger partial charge in [-0.3, -0.25) is 4.79 Å². The molecule has 0 aliphatic rings. The topological polar surface area (TPSA) is 30.2 Å². The summed E-state index contributed by atoms with van der Waals surface area (Å²) >= 11 is 0. The van der Waals surface area contributed by atoms with Crippen molar-refractivity contribution in [1.29, 1.82) is 0 Å². The van der Waals surface area contributed by atoms with Crippen LogP contribution < -0.4 is 5.43 Å². The van der Waals surface area contributed by atoms with Crippen LogP contribution in [-0.4, -0.2) is 7.85 Å². The van der Waals surface area contributed by atoms with E-state index in [4.69, 9.17) is 4.42 Å². The van der Waals surface area contributed by atoms with Gasteiger partial charge >= 0.3 is 0 Å². The Balaban J connectivity index is 2.46. The molecule has 1 heterocycles. The van der Waals surface area contributed by atoms with Crippen molar-refractivity contribution >= 4 is 18.8 Å². The molecule has 110 valence electrons. The van der Waals surface area contributed by atoms with Crippen molar-refractivity contribution in [1.82, 2.24) is 0 Å². The van der Waals surface area contributed by atoms with Gasteiger partial charge in [-0.1, -0.05) is 25.1 Å². The Kier molecular flexibility index (Phi) is 3.57. The van der Waals surface area contributed by atoms with E-state index in [0.717, 1.165) is 0 Å². The largest absolute Gasteiger partial charge is 0.461 e. The molecule has 3 aromatic rings. The molecule has 0 radical (unpaired) electrons. The van der Waals surface area contributed by atoms with E-state index in [0.29, 0.717) is 11.3 Å². The molecule has 0 bridgehead atoms. The van der Waals surface area contributed by atoms with Crippen molar-refractivity contribution in [3.8, 4) is 11.1 Å². The fourth-order valence-corrected chi connectivity index (χ4v) is 2.54. The lowest BCUT2D eigenvalue weighted by atomic mass is 9.83. The highest BCUT2D eigenvalue weighted by Crippen LogP contribution is 2.29. The molecule has 3 rings (SSSR count). The summed E-state index contributed by atoms with van der Waals surface area (Å²) in [4.78, 5) is 12.8. The first-order chi connectivity index (χ1) is 10.5. The molecule has 1 unspecified atom stereocenters. The molecular formula is C17H13BF2O2. The van der Waals surface area contributed by atoms with Crippen molar-refractivity contribution in [3.63, 3.8) is 0 Å². The smallest absolute Gasteiger partial charge is 0.203 e. The van der Waals surface area contributed by atoms with Crippen molar-refractivity contribution in [2.75, 3.05) is 0 Å². The molecule has 0 N–H and O–H groups in total. The van der Waals surface area contributed by atoms with Crippen LogP contribution in [-0.2, 0) is 0 Å². The minimum Gasteiger partial charge on any atom is -0.461 e. The lowest BCUT2D eigenvalue weighted by Gasteiger charge is -2.13. The first kappa shape index (κ1) is 14.5. The normalized spacial score (nSPS) is 12.5. The summed E-state index contributed by atoms with van der Waals surface area (Å²) in [5, 5.41) is -0.105. The highest BCUT2D eigenvalue weighted by Gasteiger charge is 2.20. The second kappa shape index (κ2) is 5.41. The molecule has 1 atom stereocenters. The van der Waals surface area contributed by atoms with E-state index in [-0.39, 0.29) is 22.3 Å². The number of rotatable bonds is 2. The Hall–Kier alpha value is -2.43. The Bertz CT molecular complexity index is 916. The van der Waals surface area contributed by atoms with Crippen LogP contribution in [0.1, 0.15) is 18.5 Å². The SMILES string of the molecule is BC(C)c1oc2cccc(F)c2c(=O)c1-c1cccc(F)c1. The zero-order valence-electron chi connectivity index (χ0n) is 12.2. The van der Waals surface area contributed by atoms with Crippen LogP contribution in [0.4, 0.5) is 8.78 Å². The minimum absolute atomic E-state index is 0.0985. The van der Waals surface area contributed by atoms with E-state index in [1.165, 1.54) is 30.3 Å². The number of halogens is 2. The molecule has 0 spiro atoms. The quantitative estimate of drug-likeness (QED) is 0.678. The van der Waals surface area contributed by atoms with Gasteiger partial charge in [0.15, 0.2) is 0 Å². The van der Waals surface area contributed by atoms with Crippen LogP contribution in [0.25, 0.3) is 22.1 Å². The minimum atomic E-state index is -0.640. The Morgan fingerprint density at radius 2 is 1.86 bits per heavy atom. The summed E-state index contributed by atoms with van der Waals surface area (Å²) in [6, 6.07) is 9.94.